The first kappa shape index (κ1) is 17.5. The van der Waals surface area contributed by atoms with Crippen LogP contribution in [0.25, 0.3) is 0 Å². The Kier molecular flexibility index (Phi) is 7.66. The van der Waals surface area contributed by atoms with E-state index in [9.17, 15) is 4.79 Å². The Labute approximate surface area is 138 Å². The highest BCUT2D eigenvalue weighted by Gasteiger charge is 2.14. The number of nitrogens with zero attached hydrogens (tertiary/aromatic N) is 2. The van der Waals surface area contributed by atoms with E-state index in [0.717, 1.165) is 64.4 Å². The predicted octanol–water partition coefficient (Wildman–Crippen LogP) is 1.36. The van der Waals surface area contributed by atoms with Crippen LogP contribution >= 0.6 is 0 Å². The molecule has 1 saturated heterocycles. The van der Waals surface area contributed by atoms with Gasteiger partial charge < -0.3 is 19.9 Å². The van der Waals surface area contributed by atoms with Crippen LogP contribution in [0.5, 0.6) is 0 Å². The van der Waals surface area contributed by atoms with Crippen molar-refractivity contribution in [3.63, 3.8) is 0 Å². The first-order valence-electron chi connectivity index (χ1n) is 8.59. The maximum atomic E-state index is 11.6. The monoisotopic (exact) mass is 320 g/mol. The van der Waals surface area contributed by atoms with E-state index in [4.69, 9.17) is 4.74 Å². The Balaban J connectivity index is 1.66. The first-order valence-corrected chi connectivity index (χ1v) is 8.59. The van der Waals surface area contributed by atoms with Crippen molar-refractivity contribution in [3.8, 4) is 0 Å². The summed E-state index contributed by atoms with van der Waals surface area (Å²) >= 11 is 0. The highest BCUT2D eigenvalue weighted by atomic mass is 16.5. The number of ether oxygens (including phenoxy) is 1. The molecule has 0 aromatic carbocycles. The minimum atomic E-state index is 0.0620. The number of rotatable bonds is 8. The number of guanidine groups is 1. The zero-order valence-electron chi connectivity index (χ0n) is 14.0. The van der Waals surface area contributed by atoms with Crippen molar-refractivity contribution in [1.82, 2.24) is 15.2 Å². The Bertz CT molecular complexity index is 535. The Hall–Kier alpha value is -1.82. The number of hydrogen-bond donors (Lipinski definition) is 2. The molecule has 23 heavy (non-hydrogen) atoms. The van der Waals surface area contributed by atoms with Crippen LogP contribution in [-0.2, 0) is 11.3 Å². The lowest BCUT2D eigenvalue weighted by Gasteiger charge is -2.13. The number of pyridine rings is 1. The molecule has 1 aliphatic heterocycles. The molecule has 0 radical (unpaired) electrons. The van der Waals surface area contributed by atoms with Crippen molar-refractivity contribution in [3.05, 3.63) is 34.7 Å². The smallest absolute Gasteiger partial charge is 0.250 e. The van der Waals surface area contributed by atoms with Crippen molar-refractivity contribution in [2.45, 2.75) is 45.3 Å². The van der Waals surface area contributed by atoms with Gasteiger partial charge in [0.1, 0.15) is 0 Å². The van der Waals surface area contributed by atoms with Crippen LogP contribution in [0.15, 0.2) is 34.2 Å². The third-order valence-corrected chi connectivity index (χ3v) is 3.84. The van der Waals surface area contributed by atoms with Gasteiger partial charge in [-0.05, 0) is 38.7 Å². The molecular formula is C17H28N4O2. The second-order valence-electron chi connectivity index (χ2n) is 5.72. The summed E-state index contributed by atoms with van der Waals surface area (Å²) in [4.78, 5) is 16.2. The molecule has 1 aliphatic rings. The summed E-state index contributed by atoms with van der Waals surface area (Å²) in [5, 5.41) is 6.59. The standard InChI is InChI=1S/C17H28N4O2/c1-2-18-17(20-14-15-8-7-13-23-15)19-10-4-6-12-21-11-5-3-9-16(21)22/h3,5,9,11,15H,2,4,6-8,10,12-14H2,1H3,(H2,18,19,20). The van der Waals surface area contributed by atoms with E-state index in [2.05, 4.69) is 22.5 Å². The molecule has 1 unspecified atom stereocenters. The van der Waals surface area contributed by atoms with E-state index in [1.165, 1.54) is 0 Å². The first-order chi connectivity index (χ1) is 11.3. The zero-order chi connectivity index (χ0) is 16.3. The van der Waals surface area contributed by atoms with Crippen molar-refractivity contribution in [2.24, 2.45) is 4.99 Å². The quantitative estimate of drug-likeness (QED) is 0.431. The Morgan fingerprint density at radius 1 is 1.39 bits per heavy atom. The molecule has 6 nitrogen and oxygen atoms in total. The molecule has 1 atom stereocenters. The summed E-state index contributed by atoms with van der Waals surface area (Å²) in [6.07, 6.45) is 6.31. The topological polar surface area (TPSA) is 67.7 Å². The Morgan fingerprint density at radius 3 is 3.04 bits per heavy atom. The average Bonchev–Trinajstić information content (AvgIpc) is 3.07. The van der Waals surface area contributed by atoms with Gasteiger partial charge in [0.2, 0.25) is 5.56 Å². The van der Waals surface area contributed by atoms with E-state index < -0.39 is 0 Å². The maximum absolute atomic E-state index is 11.6. The number of aromatic nitrogens is 1. The highest BCUT2D eigenvalue weighted by molar-refractivity contribution is 5.79. The van der Waals surface area contributed by atoms with Gasteiger partial charge in [0.25, 0.3) is 0 Å². The fourth-order valence-corrected chi connectivity index (χ4v) is 2.58. The van der Waals surface area contributed by atoms with Crippen LogP contribution in [-0.4, -0.2) is 42.9 Å². The third-order valence-electron chi connectivity index (χ3n) is 3.84. The van der Waals surface area contributed by atoms with E-state index in [1.807, 2.05) is 12.3 Å². The van der Waals surface area contributed by atoms with Gasteiger partial charge in [-0.15, -0.1) is 0 Å². The van der Waals surface area contributed by atoms with Gasteiger partial charge in [0.15, 0.2) is 5.96 Å². The fraction of sp³-hybridized carbons (Fsp3) is 0.647. The van der Waals surface area contributed by atoms with Crippen LogP contribution in [0, 0.1) is 0 Å². The van der Waals surface area contributed by atoms with E-state index in [1.54, 1.807) is 16.7 Å². The molecule has 0 bridgehead atoms. The number of nitrogens with one attached hydrogen (secondary N) is 2. The molecule has 1 aromatic heterocycles. The molecule has 2 N–H and O–H groups in total. The molecule has 0 amide bonds. The molecule has 0 spiro atoms. The molecule has 0 aliphatic carbocycles. The van der Waals surface area contributed by atoms with Crippen LogP contribution in [0.2, 0.25) is 0 Å². The van der Waals surface area contributed by atoms with Crippen molar-refractivity contribution in [1.29, 1.82) is 0 Å². The van der Waals surface area contributed by atoms with Gasteiger partial charge in [-0.3, -0.25) is 9.79 Å². The summed E-state index contributed by atoms with van der Waals surface area (Å²) in [7, 11) is 0. The summed E-state index contributed by atoms with van der Waals surface area (Å²) < 4.78 is 7.34. The lowest BCUT2D eigenvalue weighted by molar-refractivity contribution is 0.117. The van der Waals surface area contributed by atoms with E-state index in [-0.39, 0.29) is 11.7 Å². The number of aryl methyl sites for hydroxylation is 1. The lowest BCUT2D eigenvalue weighted by atomic mass is 10.2. The maximum Gasteiger partial charge on any atom is 0.250 e. The second kappa shape index (κ2) is 10.0. The summed E-state index contributed by atoms with van der Waals surface area (Å²) in [5.41, 5.74) is 0.0620. The van der Waals surface area contributed by atoms with Crippen molar-refractivity contribution in [2.75, 3.05) is 26.2 Å². The zero-order valence-corrected chi connectivity index (χ0v) is 14.0. The summed E-state index contributed by atoms with van der Waals surface area (Å²) in [5.74, 6) is 0.847. The molecule has 6 heteroatoms. The van der Waals surface area contributed by atoms with Gasteiger partial charge in [0, 0.05) is 38.5 Å². The summed E-state index contributed by atoms with van der Waals surface area (Å²) in [6.45, 7) is 6.09. The molecular weight excluding hydrogens is 292 g/mol. The van der Waals surface area contributed by atoms with Gasteiger partial charge >= 0.3 is 0 Å². The normalized spacial score (nSPS) is 18.1. The minimum Gasteiger partial charge on any atom is -0.376 e. The lowest BCUT2D eigenvalue weighted by Crippen LogP contribution is -2.38. The Morgan fingerprint density at radius 2 is 2.30 bits per heavy atom. The minimum absolute atomic E-state index is 0.0620. The second-order valence-corrected chi connectivity index (χ2v) is 5.72. The molecule has 128 valence electrons. The van der Waals surface area contributed by atoms with Gasteiger partial charge in [-0.2, -0.15) is 0 Å². The van der Waals surface area contributed by atoms with Crippen LogP contribution in [0.4, 0.5) is 0 Å². The van der Waals surface area contributed by atoms with Crippen molar-refractivity contribution < 1.29 is 4.74 Å². The van der Waals surface area contributed by atoms with Gasteiger partial charge in [0.05, 0.1) is 12.6 Å². The predicted molar refractivity (Wildman–Crippen MR) is 92.9 cm³/mol. The highest BCUT2D eigenvalue weighted by Crippen LogP contribution is 2.11. The SMILES string of the molecule is CCNC(=NCC1CCCO1)NCCCCn1ccccc1=O. The number of unbranched alkanes of at least 4 members (excludes halogenated alkanes) is 1. The average molecular weight is 320 g/mol. The van der Waals surface area contributed by atoms with Gasteiger partial charge in [-0.1, -0.05) is 6.07 Å². The van der Waals surface area contributed by atoms with Crippen LogP contribution in [0.1, 0.15) is 32.6 Å². The fourth-order valence-electron chi connectivity index (χ4n) is 2.58. The number of aliphatic imine (C=N–C) groups is 1. The van der Waals surface area contributed by atoms with Crippen molar-refractivity contribution >= 4 is 5.96 Å². The van der Waals surface area contributed by atoms with Crippen LogP contribution < -0.4 is 16.2 Å². The number of hydrogen-bond acceptors (Lipinski definition) is 3. The van der Waals surface area contributed by atoms with Gasteiger partial charge in [-0.25, -0.2) is 0 Å². The van der Waals surface area contributed by atoms with Crippen LogP contribution in [0.3, 0.4) is 0 Å². The molecule has 0 saturated carbocycles. The molecule has 1 fully saturated rings. The van der Waals surface area contributed by atoms with E-state index in [0.29, 0.717) is 0 Å². The molecule has 2 heterocycles. The molecule has 2 rings (SSSR count). The third kappa shape index (κ3) is 6.44. The van der Waals surface area contributed by atoms with E-state index >= 15 is 0 Å². The molecule has 1 aromatic rings. The largest absolute Gasteiger partial charge is 0.376 e. The summed E-state index contributed by atoms with van der Waals surface area (Å²) in [6, 6.07) is 5.26.